The number of aryl methyl sites for hydroxylation is 2. The molecule has 3 N–H and O–H groups in total. The zero-order valence-corrected chi connectivity index (χ0v) is 16.2. The number of rotatable bonds is 6. The van der Waals surface area contributed by atoms with Crippen molar-refractivity contribution in [2.45, 2.75) is 27.3 Å². The lowest BCUT2D eigenvalue weighted by Crippen LogP contribution is -2.41. The lowest BCUT2D eigenvalue weighted by molar-refractivity contribution is -0.115. The van der Waals surface area contributed by atoms with Crippen molar-refractivity contribution in [3.63, 3.8) is 0 Å². The van der Waals surface area contributed by atoms with Crippen LogP contribution in [0.1, 0.15) is 23.9 Å². The molecule has 0 unspecified atom stereocenters. The van der Waals surface area contributed by atoms with E-state index in [2.05, 4.69) is 26.0 Å². The average Bonchev–Trinajstić information content (AvgIpc) is 2.90. The summed E-state index contributed by atoms with van der Waals surface area (Å²) in [5.74, 6) is -4.66. The summed E-state index contributed by atoms with van der Waals surface area (Å²) < 4.78 is 41.6. The summed E-state index contributed by atoms with van der Waals surface area (Å²) >= 11 is 0. The van der Waals surface area contributed by atoms with E-state index in [4.69, 9.17) is 0 Å². The molecule has 152 valence electrons. The van der Waals surface area contributed by atoms with E-state index in [1.807, 2.05) is 27.8 Å². The maximum atomic E-state index is 13.6. The van der Waals surface area contributed by atoms with E-state index in [-0.39, 0.29) is 6.54 Å². The fraction of sp³-hybridized carbons (Fsp3) is 0.389. The second kappa shape index (κ2) is 9.25. The quantitative estimate of drug-likeness (QED) is 0.397. The van der Waals surface area contributed by atoms with Gasteiger partial charge in [0.05, 0.1) is 24.5 Å². The molecule has 7 nitrogen and oxygen atoms in total. The number of hydrogen-bond donors (Lipinski definition) is 3. The third-order valence-corrected chi connectivity index (χ3v) is 4.12. The Balaban J connectivity index is 2.00. The summed E-state index contributed by atoms with van der Waals surface area (Å²) in [5.41, 5.74) is 2.40. The average molecular weight is 396 g/mol. The van der Waals surface area contributed by atoms with Crippen molar-refractivity contribution < 1.29 is 18.0 Å². The first kappa shape index (κ1) is 21.3. The van der Waals surface area contributed by atoms with E-state index in [1.54, 1.807) is 4.68 Å². The maximum Gasteiger partial charge on any atom is 0.243 e. The van der Waals surface area contributed by atoms with Crippen molar-refractivity contribution in [2.24, 2.45) is 12.0 Å². The molecule has 1 heterocycles. The van der Waals surface area contributed by atoms with Crippen LogP contribution in [0.4, 0.5) is 18.9 Å². The number of amides is 1. The third kappa shape index (κ3) is 5.02. The Hall–Kier alpha value is -3.04. The van der Waals surface area contributed by atoms with Crippen LogP contribution < -0.4 is 16.0 Å². The van der Waals surface area contributed by atoms with Gasteiger partial charge >= 0.3 is 0 Å². The van der Waals surface area contributed by atoms with Gasteiger partial charge in [-0.3, -0.25) is 9.48 Å². The van der Waals surface area contributed by atoms with E-state index in [0.717, 1.165) is 29.1 Å². The fourth-order valence-corrected chi connectivity index (χ4v) is 2.53. The summed E-state index contributed by atoms with van der Waals surface area (Å²) in [6.45, 7) is 6.39. The van der Waals surface area contributed by atoms with Crippen molar-refractivity contribution in [3.05, 3.63) is 46.5 Å². The fourth-order valence-electron chi connectivity index (χ4n) is 2.53. The Morgan fingerprint density at radius 2 is 1.89 bits per heavy atom. The molecule has 0 saturated heterocycles. The number of aliphatic imine (C=N–C) groups is 1. The van der Waals surface area contributed by atoms with Crippen LogP contribution in [0, 0.1) is 31.3 Å². The van der Waals surface area contributed by atoms with Crippen LogP contribution in [-0.2, 0) is 18.4 Å². The van der Waals surface area contributed by atoms with Gasteiger partial charge in [0.25, 0.3) is 0 Å². The molecule has 0 aliphatic rings. The molecule has 0 radical (unpaired) electrons. The van der Waals surface area contributed by atoms with Crippen molar-refractivity contribution in [1.82, 2.24) is 20.4 Å². The van der Waals surface area contributed by atoms with Gasteiger partial charge in [-0.2, -0.15) is 5.10 Å². The zero-order valence-electron chi connectivity index (χ0n) is 16.2. The molecule has 0 spiro atoms. The van der Waals surface area contributed by atoms with Gasteiger partial charge in [-0.15, -0.1) is 0 Å². The van der Waals surface area contributed by atoms with Crippen molar-refractivity contribution in [2.75, 3.05) is 18.4 Å². The van der Waals surface area contributed by atoms with Crippen LogP contribution in [0.25, 0.3) is 0 Å². The predicted octanol–water partition coefficient (Wildman–Crippen LogP) is 2.15. The largest absolute Gasteiger partial charge is 0.357 e. The molecular weight excluding hydrogens is 373 g/mol. The van der Waals surface area contributed by atoms with Crippen molar-refractivity contribution >= 4 is 17.6 Å². The van der Waals surface area contributed by atoms with Crippen molar-refractivity contribution in [1.29, 1.82) is 0 Å². The van der Waals surface area contributed by atoms with E-state index in [9.17, 15) is 18.0 Å². The number of guanidine groups is 1. The van der Waals surface area contributed by atoms with E-state index >= 15 is 0 Å². The van der Waals surface area contributed by atoms with Gasteiger partial charge in [0.15, 0.2) is 23.4 Å². The minimum absolute atomic E-state index is 0.241. The molecule has 0 atom stereocenters. The van der Waals surface area contributed by atoms with E-state index in [0.29, 0.717) is 19.0 Å². The molecule has 1 aromatic heterocycles. The number of carbonyl (C=O) groups is 1. The minimum atomic E-state index is -1.64. The molecular formula is C18H23F3N6O. The molecule has 1 amide bonds. The standard InChI is InChI=1S/C18H23F3N6O/c1-5-22-18(23-8-12-10(2)26-27(4)11(12)3)24-9-15(28)25-14-7-6-13(19)16(20)17(14)21/h6-7H,5,8-9H2,1-4H3,(H,25,28)(H2,22,23,24). The van der Waals surface area contributed by atoms with Crippen LogP contribution in [0.5, 0.6) is 0 Å². The van der Waals surface area contributed by atoms with E-state index < -0.39 is 29.0 Å². The summed E-state index contributed by atoms with van der Waals surface area (Å²) in [4.78, 5) is 16.4. The molecule has 0 aliphatic carbocycles. The maximum absolute atomic E-state index is 13.6. The van der Waals surface area contributed by atoms with Gasteiger partial charge in [0, 0.05) is 24.8 Å². The molecule has 2 rings (SSSR count). The molecule has 0 fully saturated rings. The Kier molecular flexibility index (Phi) is 7.02. The lowest BCUT2D eigenvalue weighted by Gasteiger charge is -2.12. The summed E-state index contributed by atoms with van der Waals surface area (Å²) in [6.07, 6.45) is 0. The van der Waals surface area contributed by atoms with Gasteiger partial charge in [0.2, 0.25) is 5.91 Å². The normalized spacial score (nSPS) is 11.5. The highest BCUT2D eigenvalue weighted by molar-refractivity contribution is 5.95. The van der Waals surface area contributed by atoms with Crippen LogP contribution in [0.2, 0.25) is 0 Å². The number of nitrogens with zero attached hydrogens (tertiary/aromatic N) is 3. The van der Waals surface area contributed by atoms with Crippen LogP contribution in [-0.4, -0.2) is 34.7 Å². The molecule has 1 aromatic carbocycles. The van der Waals surface area contributed by atoms with Crippen LogP contribution in [0.3, 0.4) is 0 Å². The Bertz CT molecular complexity index is 894. The second-order valence-corrected chi connectivity index (χ2v) is 6.09. The van der Waals surface area contributed by atoms with Gasteiger partial charge in [-0.1, -0.05) is 0 Å². The first-order chi connectivity index (χ1) is 13.2. The van der Waals surface area contributed by atoms with Gasteiger partial charge in [0.1, 0.15) is 0 Å². The van der Waals surface area contributed by atoms with E-state index in [1.165, 1.54) is 0 Å². The highest BCUT2D eigenvalue weighted by Gasteiger charge is 2.15. The zero-order chi connectivity index (χ0) is 20.8. The van der Waals surface area contributed by atoms with Gasteiger partial charge in [-0.25, -0.2) is 18.2 Å². The molecule has 0 bridgehead atoms. The molecule has 0 saturated carbocycles. The molecule has 2 aromatic rings. The third-order valence-electron chi connectivity index (χ3n) is 4.12. The molecule has 10 heteroatoms. The molecule has 0 aliphatic heterocycles. The number of anilines is 1. The number of nitrogens with one attached hydrogen (secondary N) is 3. The SMILES string of the molecule is CCNC(=NCc1c(C)nn(C)c1C)NCC(=O)Nc1ccc(F)c(F)c1F. The first-order valence-electron chi connectivity index (χ1n) is 8.69. The van der Waals surface area contributed by atoms with Crippen LogP contribution in [0.15, 0.2) is 17.1 Å². The second-order valence-electron chi connectivity index (χ2n) is 6.09. The summed E-state index contributed by atoms with van der Waals surface area (Å²) in [6, 6.07) is 1.70. The number of hydrogen-bond acceptors (Lipinski definition) is 3. The first-order valence-corrected chi connectivity index (χ1v) is 8.69. The van der Waals surface area contributed by atoms with Gasteiger partial charge in [-0.05, 0) is 32.9 Å². The number of benzene rings is 1. The smallest absolute Gasteiger partial charge is 0.243 e. The predicted molar refractivity (Wildman–Crippen MR) is 100 cm³/mol. The van der Waals surface area contributed by atoms with Gasteiger partial charge < -0.3 is 16.0 Å². The van der Waals surface area contributed by atoms with Crippen LogP contribution >= 0.6 is 0 Å². The highest BCUT2D eigenvalue weighted by atomic mass is 19.2. The lowest BCUT2D eigenvalue weighted by atomic mass is 10.2. The molecule has 28 heavy (non-hydrogen) atoms. The number of aromatic nitrogens is 2. The highest BCUT2D eigenvalue weighted by Crippen LogP contribution is 2.19. The summed E-state index contributed by atoms with van der Waals surface area (Å²) in [7, 11) is 1.85. The number of carbonyl (C=O) groups excluding carboxylic acids is 1. The Morgan fingerprint density at radius 3 is 2.50 bits per heavy atom. The Labute approximate surface area is 161 Å². The topological polar surface area (TPSA) is 83.3 Å². The van der Waals surface area contributed by atoms with Crippen molar-refractivity contribution in [3.8, 4) is 0 Å². The Morgan fingerprint density at radius 1 is 1.18 bits per heavy atom. The monoisotopic (exact) mass is 396 g/mol. The minimum Gasteiger partial charge on any atom is -0.357 e. The summed E-state index contributed by atoms with van der Waals surface area (Å²) in [5, 5.41) is 12.3. The number of halogens is 3.